The molecule has 18 heavy (non-hydrogen) atoms. The summed E-state index contributed by atoms with van der Waals surface area (Å²) in [4.78, 5) is 0. The van der Waals surface area contributed by atoms with E-state index in [4.69, 9.17) is 9.47 Å². The van der Waals surface area contributed by atoms with Gasteiger partial charge in [0.1, 0.15) is 6.61 Å². The fourth-order valence-electron chi connectivity index (χ4n) is 1.60. The topological polar surface area (TPSA) is 50.7 Å². The number of hydrogen-bond acceptors (Lipinski definition) is 4. The maximum atomic E-state index is 9.32. The Kier molecular flexibility index (Phi) is 6.54. The highest BCUT2D eigenvalue weighted by Gasteiger charge is 2.11. The smallest absolute Gasteiger partial charge is 0.165 e. The van der Waals surface area contributed by atoms with Gasteiger partial charge in [0.25, 0.3) is 0 Å². The first-order valence-corrected chi connectivity index (χ1v) is 6.45. The number of aliphatic hydroxyl groups excluding tert-OH is 1. The van der Waals surface area contributed by atoms with E-state index in [1.807, 2.05) is 25.1 Å². The molecule has 0 aliphatic rings. The van der Waals surface area contributed by atoms with Crippen molar-refractivity contribution in [2.45, 2.75) is 33.4 Å². The lowest BCUT2D eigenvalue weighted by Gasteiger charge is -2.17. The molecule has 0 radical (unpaired) electrons. The lowest BCUT2D eigenvalue weighted by Crippen LogP contribution is -2.17. The minimum atomic E-state index is -0.494. The van der Waals surface area contributed by atoms with Gasteiger partial charge >= 0.3 is 0 Å². The SMILES string of the molecule is CCNCc1cccc(OCC)c1OCC(C)O. The van der Waals surface area contributed by atoms with E-state index in [2.05, 4.69) is 12.2 Å². The summed E-state index contributed by atoms with van der Waals surface area (Å²) in [5, 5.41) is 12.6. The van der Waals surface area contributed by atoms with Crippen LogP contribution in [0.25, 0.3) is 0 Å². The molecule has 0 fully saturated rings. The van der Waals surface area contributed by atoms with Gasteiger partial charge in [0.2, 0.25) is 0 Å². The zero-order chi connectivity index (χ0) is 13.4. The van der Waals surface area contributed by atoms with Crippen LogP contribution in [-0.4, -0.2) is 31.0 Å². The molecule has 1 atom stereocenters. The molecule has 1 aromatic carbocycles. The van der Waals surface area contributed by atoms with E-state index in [1.54, 1.807) is 6.92 Å². The molecule has 0 saturated heterocycles. The summed E-state index contributed by atoms with van der Waals surface area (Å²) in [5.74, 6) is 1.45. The Morgan fingerprint density at radius 2 is 2.06 bits per heavy atom. The molecule has 4 heteroatoms. The number of aliphatic hydroxyl groups is 1. The standard InChI is InChI=1S/C14H23NO3/c1-4-15-9-12-7-6-8-13(17-5-2)14(12)18-10-11(3)16/h6-8,11,15-16H,4-5,9-10H2,1-3H3. The van der Waals surface area contributed by atoms with Crippen LogP contribution in [0.5, 0.6) is 11.5 Å². The fraction of sp³-hybridized carbons (Fsp3) is 0.571. The Hall–Kier alpha value is -1.26. The second-order valence-electron chi connectivity index (χ2n) is 4.12. The predicted octanol–water partition coefficient (Wildman–Crippen LogP) is 1.95. The number of para-hydroxylation sites is 1. The summed E-state index contributed by atoms with van der Waals surface area (Å²) >= 11 is 0. The molecule has 2 N–H and O–H groups in total. The van der Waals surface area contributed by atoms with E-state index in [9.17, 15) is 5.11 Å². The van der Waals surface area contributed by atoms with Crippen molar-refractivity contribution in [3.05, 3.63) is 23.8 Å². The first kappa shape index (κ1) is 14.8. The lowest BCUT2D eigenvalue weighted by atomic mass is 10.2. The fourth-order valence-corrected chi connectivity index (χ4v) is 1.60. The van der Waals surface area contributed by atoms with Crippen LogP contribution in [0.1, 0.15) is 26.3 Å². The van der Waals surface area contributed by atoms with Gasteiger partial charge in [-0.25, -0.2) is 0 Å². The van der Waals surface area contributed by atoms with Gasteiger partial charge in [-0.3, -0.25) is 0 Å². The van der Waals surface area contributed by atoms with Crippen molar-refractivity contribution in [1.29, 1.82) is 0 Å². The largest absolute Gasteiger partial charge is 0.490 e. The van der Waals surface area contributed by atoms with Crippen LogP contribution in [0.4, 0.5) is 0 Å². The van der Waals surface area contributed by atoms with Crippen LogP contribution in [0.15, 0.2) is 18.2 Å². The van der Waals surface area contributed by atoms with E-state index < -0.39 is 6.10 Å². The molecule has 0 spiro atoms. The second kappa shape index (κ2) is 7.95. The van der Waals surface area contributed by atoms with E-state index in [1.165, 1.54) is 0 Å². The Morgan fingerprint density at radius 3 is 2.67 bits per heavy atom. The zero-order valence-electron chi connectivity index (χ0n) is 11.4. The maximum Gasteiger partial charge on any atom is 0.165 e. The summed E-state index contributed by atoms with van der Waals surface area (Å²) in [6.07, 6.45) is -0.494. The molecule has 0 bridgehead atoms. The summed E-state index contributed by atoms with van der Waals surface area (Å²) < 4.78 is 11.2. The van der Waals surface area contributed by atoms with Crippen LogP contribution in [0, 0.1) is 0 Å². The Balaban J connectivity index is 2.88. The van der Waals surface area contributed by atoms with Crippen LogP contribution in [0.2, 0.25) is 0 Å². The van der Waals surface area contributed by atoms with Gasteiger partial charge < -0.3 is 19.9 Å². The first-order chi connectivity index (χ1) is 8.69. The molecule has 0 amide bonds. The molecule has 0 aliphatic heterocycles. The summed E-state index contributed by atoms with van der Waals surface area (Å²) in [5.41, 5.74) is 1.04. The van der Waals surface area contributed by atoms with E-state index >= 15 is 0 Å². The monoisotopic (exact) mass is 253 g/mol. The lowest BCUT2D eigenvalue weighted by molar-refractivity contribution is 0.119. The number of ether oxygens (including phenoxy) is 2. The average molecular weight is 253 g/mol. The molecule has 0 aliphatic carbocycles. The average Bonchev–Trinajstić information content (AvgIpc) is 2.35. The normalized spacial score (nSPS) is 12.2. The van der Waals surface area contributed by atoms with Crippen molar-refractivity contribution in [1.82, 2.24) is 5.32 Å². The van der Waals surface area contributed by atoms with E-state index in [-0.39, 0.29) is 6.61 Å². The van der Waals surface area contributed by atoms with Crippen molar-refractivity contribution in [3.8, 4) is 11.5 Å². The number of hydrogen-bond donors (Lipinski definition) is 2. The molecule has 4 nitrogen and oxygen atoms in total. The quantitative estimate of drug-likeness (QED) is 0.743. The molecule has 1 aromatic rings. The first-order valence-electron chi connectivity index (χ1n) is 6.45. The molecule has 0 saturated carbocycles. The Labute approximate surface area is 109 Å². The summed E-state index contributed by atoms with van der Waals surface area (Å²) in [7, 11) is 0. The molecule has 0 aromatic heterocycles. The molecule has 1 unspecified atom stereocenters. The van der Waals surface area contributed by atoms with E-state index in [0.717, 1.165) is 30.2 Å². The molecular formula is C14H23NO3. The van der Waals surface area contributed by atoms with Crippen LogP contribution < -0.4 is 14.8 Å². The minimum Gasteiger partial charge on any atom is -0.490 e. The maximum absolute atomic E-state index is 9.32. The summed E-state index contributed by atoms with van der Waals surface area (Å²) in [6.45, 7) is 8.19. The highest BCUT2D eigenvalue weighted by Crippen LogP contribution is 2.31. The van der Waals surface area contributed by atoms with Gasteiger partial charge in [-0.2, -0.15) is 0 Å². The van der Waals surface area contributed by atoms with Gasteiger partial charge in [0.05, 0.1) is 12.7 Å². The third-order valence-corrected chi connectivity index (χ3v) is 2.39. The highest BCUT2D eigenvalue weighted by atomic mass is 16.5. The van der Waals surface area contributed by atoms with Gasteiger partial charge in [0.15, 0.2) is 11.5 Å². The Bertz CT molecular complexity index is 353. The Morgan fingerprint density at radius 1 is 1.28 bits per heavy atom. The molecular weight excluding hydrogens is 230 g/mol. The van der Waals surface area contributed by atoms with Crippen LogP contribution >= 0.6 is 0 Å². The molecule has 1 rings (SSSR count). The van der Waals surface area contributed by atoms with Crippen molar-refractivity contribution < 1.29 is 14.6 Å². The predicted molar refractivity (Wildman–Crippen MR) is 72.2 cm³/mol. The van der Waals surface area contributed by atoms with Crippen molar-refractivity contribution in [3.63, 3.8) is 0 Å². The molecule has 102 valence electrons. The van der Waals surface area contributed by atoms with Gasteiger partial charge in [-0.05, 0) is 26.5 Å². The van der Waals surface area contributed by atoms with Crippen LogP contribution in [0.3, 0.4) is 0 Å². The van der Waals surface area contributed by atoms with E-state index in [0.29, 0.717) is 6.61 Å². The second-order valence-corrected chi connectivity index (χ2v) is 4.12. The third kappa shape index (κ3) is 4.55. The van der Waals surface area contributed by atoms with Gasteiger partial charge in [-0.15, -0.1) is 0 Å². The number of nitrogens with one attached hydrogen (secondary N) is 1. The minimum absolute atomic E-state index is 0.267. The molecule has 0 heterocycles. The van der Waals surface area contributed by atoms with Crippen molar-refractivity contribution in [2.24, 2.45) is 0 Å². The zero-order valence-corrected chi connectivity index (χ0v) is 11.4. The van der Waals surface area contributed by atoms with Crippen LogP contribution in [-0.2, 0) is 6.54 Å². The van der Waals surface area contributed by atoms with Crippen molar-refractivity contribution in [2.75, 3.05) is 19.8 Å². The number of benzene rings is 1. The third-order valence-electron chi connectivity index (χ3n) is 2.39. The highest BCUT2D eigenvalue weighted by molar-refractivity contribution is 5.46. The number of rotatable bonds is 8. The van der Waals surface area contributed by atoms with Gasteiger partial charge in [0, 0.05) is 12.1 Å². The van der Waals surface area contributed by atoms with Gasteiger partial charge in [-0.1, -0.05) is 19.1 Å². The summed E-state index contributed by atoms with van der Waals surface area (Å²) in [6, 6.07) is 5.84. The van der Waals surface area contributed by atoms with Crippen molar-refractivity contribution >= 4 is 0 Å².